The summed E-state index contributed by atoms with van der Waals surface area (Å²) in [5, 5.41) is 3.46. The molecule has 0 heterocycles. The number of hydrogen-bond donors (Lipinski definition) is 0. The van der Waals surface area contributed by atoms with E-state index in [4.69, 9.17) is 5.53 Å². The van der Waals surface area contributed by atoms with Crippen molar-refractivity contribution < 1.29 is 4.79 Å². The number of hydrogen-bond acceptors (Lipinski definition) is 2. The predicted molar refractivity (Wildman–Crippen MR) is 67.1 cm³/mol. The fourth-order valence-corrected chi connectivity index (χ4v) is 1.44. The Bertz CT molecular complexity index is 421. The quantitative estimate of drug-likeness (QED) is 0.435. The van der Waals surface area contributed by atoms with Gasteiger partial charge >= 0.3 is 0 Å². The van der Waals surface area contributed by atoms with Gasteiger partial charge in [-0.2, -0.15) is 0 Å². The third-order valence-corrected chi connectivity index (χ3v) is 2.47. The van der Waals surface area contributed by atoms with Gasteiger partial charge < -0.3 is 4.90 Å². The second-order valence-corrected chi connectivity index (χ2v) is 3.82. The van der Waals surface area contributed by atoms with Gasteiger partial charge in [0.05, 0.1) is 0 Å². The summed E-state index contributed by atoms with van der Waals surface area (Å²) in [6, 6.07) is 6.63. The summed E-state index contributed by atoms with van der Waals surface area (Å²) in [5.74, 6) is -0.00839. The van der Waals surface area contributed by atoms with Crippen molar-refractivity contribution in [3.05, 3.63) is 40.3 Å². The smallest absolute Gasteiger partial charge is 0.253 e. The average molecular weight is 232 g/mol. The maximum atomic E-state index is 11.9. The molecule has 0 N–H and O–H groups in total. The zero-order valence-corrected chi connectivity index (χ0v) is 10.1. The third kappa shape index (κ3) is 3.81. The number of azide groups is 1. The minimum Gasteiger partial charge on any atom is -0.342 e. The molecule has 0 fully saturated rings. The number of benzene rings is 1. The van der Waals surface area contributed by atoms with E-state index >= 15 is 0 Å². The summed E-state index contributed by atoms with van der Waals surface area (Å²) in [6.07, 6.45) is 2.06. The van der Waals surface area contributed by atoms with Crippen LogP contribution < -0.4 is 0 Å². The van der Waals surface area contributed by atoms with Crippen LogP contribution in [0.2, 0.25) is 0 Å². The van der Waals surface area contributed by atoms with Crippen molar-refractivity contribution in [2.45, 2.75) is 19.8 Å². The van der Waals surface area contributed by atoms with Gasteiger partial charge in [-0.3, -0.25) is 4.79 Å². The maximum Gasteiger partial charge on any atom is 0.253 e. The van der Waals surface area contributed by atoms with Crippen LogP contribution >= 0.6 is 0 Å². The first-order valence-electron chi connectivity index (χ1n) is 5.59. The molecule has 17 heavy (non-hydrogen) atoms. The Morgan fingerprint density at radius 1 is 1.41 bits per heavy atom. The van der Waals surface area contributed by atoms with Crippen LogP contribution in [0.25, 0.3) is 10.4 Å². The molecule has 90 valence electrons. The van der Waals surface area contributed by atoms with E-state index in [1.807, 2.05) is 0 Å². The molecule has 0 spiro atoms. The summed E-state index contributed by atoms with van der Waals surface area (Å²) < 4.78 is 0. The second kappa shape index (κ2) is 6.55. The van der Waals surface area contributed by atoms with E-state index in [2.05, 4.69) is 16.9 Å². The van der Waals surface area contributed by atoms with E-state index in [-0.39, 0.29) is 5.91 Å². The topological polar surface area (TPSA) is 69.1 Å². The van der Waals surface area contributed by atoms with Crippen molar-refractivity contribution in [3.8, 4) is 0 Å². The lowest BCUT2D eigenvalue weighted by molar-refractivity contribution is 0.0793. The Balaban J connectivity index is 2.72. The van der Waals surface area contributed by atoms with Crippen molar-refractivity contribution in [2.75, 3.05) is 13.6 Å². The van der Waals surface area contributed by atoms with Gasteiger partial charge in [-0.05, 0) is 24.1 Å². The molecule has 0 atom stereocenters. The SMILES string of the molecule is CCCCN(C)C(=O)c1ccc(N=[N+]=[N-])cc1. The molecule has 5 nitrogen and oxygen atoms in total. The number of unbranched alkanes of at least 4 members (excludes halogenated alkanes) is 1. The summed E-state index contributed by atoms with van der Waals surface area (Å²) in [7, 11) is 1.79. The molecule has 0 radical (unpaired) electrons. The highest BCUT2D eigenvalue weighted by Gasteiger charge is 2.10. The Hall–Kier alpha value is -2.00. The lowest BCUT2D eigenvalue weighted by atomic mass is 10.2. The van der Waals surface area contributed by atoms with E-state index in [9.17, 15) is 4.79 Å². The van der Waals surface area contributed by atoms with E-state index in [0.717, 1.165) is 19.4 Å². The van der Waals surface area contributed by atoms with Gasteiger partial charge in [-0.25, -0.2) is 0 Å². The van der Waals surface area contributed by atoms with Crippen LogP contribution in [0.15, 0.2) is 29.4 Å². The van der Waals surface area contributed by atoms with E-state index in [0.29, 0.717) is 11.3 Å². The molecule has 0 bridgehead atoms. The summed E-state index contributed by atoms with van der Waals surface area (Å²) in [6.45, 7) is 2.85. The minimum absolute atomic E-state index is 0.00839. The second-order valence-electron chi connectivity index (χ2n) is 3.82. The first-order chi connectivity index (χ1) is 8.19. The van der Waals surface area contributed by atoms with Crippen LogP contribution in [-0.4, -0.2) is 24.4 Å². The monoisotopic (exact) mass is 232 g/mol. The molecule has 0 aromatic heterocycles. The van der Waals surface area contributed by atoms with Gasteiger partial charge in [-0.15, -0.1) is 0 Å². The molecule has 5 heteroatoms. The number of amides is 1. The highest BCUT2D eigenvalue weighted by atomic mass is 16.2. The molecule has 0 aliphatic carbocycles. The summed E-state index contributed by atoms with van der Waals surface area (Å²) >= 11 is 0. The highest BCUT2D eigenvalue weighted by molar-refractivity contribution is 5.94. The fraction of sp³-hybridized carbons (Fsp3) is 0.417. The Kier molecular flexibility index (Phi) is 5.04. The number of carbonyl (C=O) groups excluding carboxylic acids is 1. The molecule has 1 aromatic rings. The van der Waals surface area contributed by atoms with E-state index in [1.54, 1.807) is 36.2 Å². The Labute approximate surface area is 101 Å². The van der Waals surface area contributed by atoms with Gasteiger partial charge in [-0.1, -0.05) is 30.6 Å². The molecule has 0 aliphatic heterocycles. The fourth-order valence-electron chi connectivity index (χ4n) is 1.44. The molecule has 0 unspecified atom stereocenters. The van der Waals surface area contributed by atoms with Crippen LogP contribution in [0, 0.1) is 0 Å². The first kappa shape index (κ1) is 13.1. The van der Waals surface area contributed by atoms with Crippen LogP contribution in [0.1, 0.15) is 30.1 Å². The van der Waals surface area contributed by atoms with Gasteiger partial charge in [0, 0.05) is 29.8 Å². The molecular formula is C12H16N4O. The van der Waals surface area contributed by atoms with Crippen molar-refractivity contribution in [1.29, 1.82) is 0 Å². The summed E-state index contributed by atoms with van der Waals surface area (Å²) in [4.78, 5) is 16.3. The summed E-state index contributed by atoms with van der Waals surface area (Å²) in [5.41, 5.74) is 9.39. The van der Waals surface area contributed by atoms with Gasteiger partial charge in [0.15, 0.2) is 0 Å². The van der Waals surface area contributed by atoms with Gasteiger partial charge in [0.25, 0.3) is 5.91 Å². The normalized spacial score (nSPS) is 9.53. The molecule has 1 aromatic carbocycles. The zero-order chi connectivity index (χ0) is 12.7. The average Bonchev–Trinajstić information content (AvgIpc) is 2.36. The number of nitrogens with zero attached hydrogens (tertiary/aromatic N) is 4. The Morgan fingerprint density at radius 2 is 2.06 bits per heavy atom. The van der Waals surface area contributed by atoms with Crippen LogP contribution in [0.4, 0.5) is 5.69 Å². The highest BCUT2D eigenvalue weighted by Crippen LogP contribution is 2.14. The molecule has 0 saturated heterocycles. The van der Waals surface area contributed by atoms with Crippen LogP contribution in [0.5, 0.6) is 0 Å². The lowest BCUT2D eigenvalue weighted by Crippen LogP contribution is -2.27. The van der Waals surface area contributed by atoms with Crippen LogP contribution in [-0.2, 0) is 0 Å². The van der Waals surface area contributed by atoms with E-state index < -0.39 is 0 Å². The van der Waals surface area contributed by atoms with Crippen LogP contribution in [0.3, 0.4) is 0 Å². The van der Waals surface area contributed by atoms with Crippen molar-refractivity contribution in [1.82, 2.24) is 4.90 Å². The maximum absolute atomic E-state index is 11.9. The standard InChI is InChI=1S/C12H16N4O/c1-3-4-9-16(2)12(17)10-5-7-11(8-6-10)14-15-13/h5-8H,3-4,9H2,1-2H3. The molecule has 0 aliphatic rings. The third-order valence-electron chi connectivity index (χ3n) is 2.47. The van der Waals surface area contributed by atoms with E-state index in [1.165, 1.54) is 0 Å². The van der Waals surface area contributed by atoms with Gasteiger partial charge in [0.2, 0.25) is 0 Å². The zero-order valence-electron chi connectivity index (χ0n) is 10.1. The largest absolute Gasteiger partial charge is 0.342 e. The van der Waals surface area contributed by atoms with Crippen molar-refractivity contribution >= 4 is 11.6 Å². The van der Waals surface area contributed by atoms with Gasteiger partial charge in [0.1, 0.15) is 0 Å². The number of carbonyl (C=O) groups is 1. The van der Waals surface area contributed by atoms with Crippen molar-refractivity contribution in [3.63, 3.8) is 0 Å². The minimum atomic E-state index is -0.00839. The molecule has 0 saturated carbocycles. The molecule has 1 amide bonds. The lowest BCUT2D eigenvalue weighted by Gasteiger charge is -2.16. The predicted octanol–water partition coefficient (Wildman–Crippen LogP) is 3.50. The van der Waals surface area contributed by atoms with Crippen molar-refractivity contribution in [2.24, 2.45) is 5.11 Å². The number of rotatable bonds is 5. The Morgan fingerprint density at radius 3 is 2.59 bits per heavy atom. The molecular weight excluding hydrogens is 216 g/mol. The molecule has 1 rings (SSSR count). The first-order valence-corrected chi connectivity index (χ1v) is 5.59.